The van der Waals surface area contributed by atoms with Crippen LogP contribution in [-0.4, -0.2) is 37.0 Å². The number of hydrogen-bond acceptors (Lipinski definition) is 0. The first-order valence-corrected chi connectivity index (χ1v) is 13.1. The lowest BCUT2D eigenvalue weighted by Crippen LogP contribution is -2.46. The van der Waals surface area contributed by atoms with Gasteiger partial charge in [0.05, 0.1) is 0 Å². The minimum absolute atomic E-state index is 0.436. The van der Waals surface area contributed by atoms with Gasteiger partial charge in [-0.05, 0) is 49.4 Å². The van der Waals surface area contributed by atoms with Gasteiger partial charge in [-0.3, -0.25) is 0 Å². The van der Waals surface area contributed by atoms with Crippen molar-refractivity contribution >= 4 is 0 Å². The summed E-state index contributed by atoms with van der Waals surface area (Å²) in [4.78, 5) is 0. The molecule has 2 saturated carbocycles. The fourth-order valence-corrected chi connectivity index (χ4v) is 5.80. The quantitative estimate of drug-likeness (QED) is 0.236. The third-order valence-corrected chi connectivity index (χ3v) is 8.14. The van der Waals surface area contributed by atoms with Crippen molar-refractivity contribution in [1.82, 2.24) is 0 Å². The average molecular weight is 471 g/mol. The molecular weight excluding hydrogens is 426 g/mol. The second-order valence-corrected chi connectivity index (χ2v) is 10.5. The summed E-state index contributed by atoms with van der Waals surface area (Å²) in [5, 5.41) is 0. The van der Waals surface area contributed by atoms with Crippen molar-refractivity contribution < 1.29 is 26.3 Å². The van der Waals surface area contributed by atoms with Crippen LogP contribution in [0.25, 0.3) is 0 Å². The summed E-state index contributed by atoms with van der Waals surface area (Å²) in [7, 11) is 0. The Morgan fingerprint density at radius 3 is 1.09 bits per heavy atom. The largest absolute Gasteiger partial charge is 0.244 e. The normalized spacial score (nSPS) is 32.6. The van der Waals surface area contributed by atoms with E-state index >= 15 is 0 Å². The summed E-state index contributed by atoms with van der Waals surface area (Å²) in [5.41, 5.74) is 0. The zero-order valence-corrected chi connectivity index (χ0v) is 19.9. The first-order valence-electron chi connectivity index (χ1n) is 13.1. The zero-order valence-electron chi connectivity index (χ0n) is 19.9. The molecule has 0 radical (unpaired) electrons. The monoisotopic (exact) mass is 470 g/mol. The van der Waals surface area contributed by atoms with Gasteiger partial charge in [0.2, 0.25) is 0 Å². The predicted octanol–water partition coefficient (Wildman–Crippen LogP) is 9.01. The molecule has 0 amide bonds. The van der Waals surface area contributed by atoms with E-state index in [1.54, 1.807) is 0 Å². The van der Waals surface area contributed by atoms with Crippen LogP contribution < -0.4 is 0 Å². The van der Waals surface area contributed by atoms with Gasteiger partial charge in [-0.25, -0.2) is 26.3 Å². The first kappa shape index (κ1) is 27.8. The highest BCUT2D eigenvalue weighted by Gasteiger charge is 2.47. The summed E-state index contributed by atoms with van der Waals surface area (Å²) in [5.74, 6) is -0.394. The molecule has 0 aromatic heterocycles. The number of alkyl halides is 6. The molecule has 0 unspecified atom stereocenters. The zero-order chi connectivity index (χ0) is 23.7. The van der Waals surface area contributed by atoms with E-state index in [-0.39, 0.29) is 0 Å². The van der Waals surface area contributed by atoms with Crippen molar-refractivity contribution in [3.05, 3.63) is 0 Å². The SMILES string of the molecule is CCCCC1CCC([C@@H](F)[C@H](F)[C@@H](F)[C@H](F)[C@@H](F)[C@H](F)C2CCC(CCCC)CC2)CC1. The number of unbranched alkanes of at least 4 members (excludes halogenated alkanes) is 2. The Bertz CT molecular complexity index is 443. The van der Waals surface area contributed by atoms with Gasteiger partial charge in [-0.2, -0.15) is 0 Å². The van der Waals surface area contributed by atoms with E-state index in [0.717, 1.165) is 64.2 Å². The van der Waals surface area contributed by atoms with Crippen LogP contribution >= 0.6 is 0 Å². The van der Waals surface area contributed by atoms with E-state index in [9.17, 15) is 26.3 Å². The smallest absolute Gasteiger partial charge is 0.168 e. The lowest BCUT2D eigenvalue weighted by Gasteiger charge is -2.34. The van der Waals surface area contributed by atoms with E-state index in [1.807, 2.05) is 0 Å². The summed E-state index contributed by atoms with van der Waals surface area (Å²) >= 11 is 0. The second kappa shape index (κ2) is 14.1. The van der Waals surface area contributed by atoms with Gasteiger partial charge in [0.1, 0.15) is 12.3 Å². The third kappa shape index (κ3) is 7.82. The fraction of sp³-hybridized carbons (Fsp3) is 1.00. The summed E-state index contributed by atoms with van der Waals surface area (Å²) < 4.78 is 87.1. The van der Waals surface area contributed by atoms with Crippen LogP contribution in [0.3, 0.4) is 0 Å². The fourth-order valence-electron chi connectivity index (χ4n) is 5.80. The molecule has 190 valence electrons. The predicted molar refractivity (Wildman–Crippen MR) is 119 cm³/mol. The summed E-state index contributed by atoms with van der Waals surface area (Å²) in [6.07, 6.45) is -4.56. The van der Waals surface area contributed by atoms with Crippen molar-refractivity contribution in [1.29, 1.82) is 0 Å². The Balaban J connectivity index is 1.80. The Morgan fingerprint density at radius 1 is 0.500 bits per heavy atom. The van der Waals surface area contributed by atoms with Crippen LogP contribution in [0.1, 0.15) is 104 Å². The van der Waals surface area contributed by atoms with Crippen LogP contribution in [0.5, 0.6) is 0 Å². The molecule has 0 bridgehead atoms. The van der Waals surface area contributed by atoms with Gasteiger partial charge < -0.3 is 0 Å². The molecular formula is C26H44F6. The number of halogens is 6. The molecule has 0 nitrogen and oxygen atoms in total. The minimum atomic E-state index is -2.98. The van der Waals surface area contributed by atoms with Gasteiger partial charge in [0.25, 0.3) is 0 Å². The van der Waals surface area contributed by atoms with Gasteiger partial charge in [-0.1, -0.05) is 78.1 Å². The molecule has 32 heavy (non-hydrogen) atoms. The van der Waals surface area contributed by atoms with Crippen LogP contribution in [0.15, 0.2) is 0 Å². The molecule has 0 heterocycles. The van der Waals surface area contributed by atoms with Crippen LogP contribution in [-0.2, 0) is 0 Å². The molecule has 0 aromatic carbocycles. The van der Waals surface area contributed by atoms with Gasteiger partial charge in [0.15, 0.2) is 24.7 Å². The van der Waals surface area contributed by atoms with E-state index in [4.69, 9.17) is 0 Å². The Hall–Kier alpha value is -0.420. The lowest BCUT2D eigenvalue weighted by molar-refractivity contribution is -0.0474. The Morgan fingerprint density at radius 2 is 0.812 bits per heavy atom. The van der Waals surface area contributed by atoms with Crippen molar-refractivity contribution in [3.63, 3.8) is 0 Å². The molecule has 0 aromatic rings. The molecule has 2 aliphatic carbocycles. The van der Waals surface area contributed by atoms with E-state index in [0.29, 0.717) is 37.5 Å². The highest BCUT2D eigenvalue weighted by molar-refractivity contribution is 4.94. The molecule has 0 spiro atoms. The highest BCUT2D eigenvalue weighted by Crippen LogP contribution is 2.40. The molecule has 2 fully saturated rings. The molecule has 6 atom stereocenters. The highest BCUT2D eigenvalue weighted by atomic mass is 19.2. The second-order valence-electron chi connectivity index (χ2n) is 10.5. The topological polar surface area (TPSA) is 0 Å². The van der Waals surface area contributed by atoms with Crippen LogP contribution in [0.4, 0.5) is 26.3 Å². The van der Waals surface area contributed by atoms with E-state index < -0.39 is 48.9 Å². The van der Waals surface area contributed by atoms with Crippen molar-refractivity contribution in [3.8, 4) is 0 Å². The summed E-state index contributed by atoms with van der Waals surface area (Å²) in [6, 6.07) is 0. The standard InChI is InChI=1S/C26H44F6/c1-3-5-7-17-9-13-19(14-10-17)21(27)23(29)25(31)26(32)24(30)22(28)20-15-11-18(12-16-20)8-6-4-2/h17-26H,3-16H2,1-2H3/t17?,18?,19?,20?,21-,22-,23+,24+,25-,26-/m1/s1. The first-order chi connectivity index (χ1) is 15.3. The van der Waals surface area contributed by atoms with Crippen molar-refractivity contribution in [2.45, 2.75) is 141 Å². The van der Waals surface area contributed by atoms with Crippen molar-refractivity contribution in [2.24, 2.45) is 23.7 Å². The maximum atomic E-state index is 14.6. The Kier molecular flexibility index (Phi) is 12.2. The molecule has 0 saturated heterocycles. The molecule has 0 N–H and O–H groups in total. The number of rotatable bonds is 13. The lowest BCUT2D eigenvalue weighted by atomic mass is 9.75. The van der Waals surface area contributed by atoms with Crippen molar-refractivity contribution in [2.75, 3.05) is 0 Å². The molecule has 0 aliphatic heterocycles. The van der Waals surface area contributed by atoms with E-state index in [1.165, 1.54) is 0 Å². The molecule has 2 rings (SSSR count). The van der Waals surface area contributed by atoms with Crippen LogP contribution in [0.2, 0.25) is 0 Å². The van der Waals surface area contributed by atoms with Gasteiger partial charge >= 0.3 is 0 Å². The van der Waals surface area contributed by atoms with Crippen LogP contribution in [0, 0.1) is 23.7 Å². The molecule has 6 heteroatoms. The molecule has 2 aliphatic rings. The van der Waals surface area contributed by atoms with Gasteiger partial charge in [0, 0.05) is 0 Å². The maximum Gasteiger partial charge on any atom is 0.168 e. The average Bonchev–Trinajstić information content (AvgIpc) is 2.84. The van der Waals surface area contributed by atoms with E-state index in [2.05, 4.69) is 13.8 Å². The maximum absolute atomic E-state index is 14.6. The number of hydrogen-bond donors (Lipinski definition) is 0. The third-order valence-electron chi connectivity index (χ3n) is 8.14. The minimum Gasteiger partial charge on any atom is -0.244 e. The summed E-state index contributed by atoms with van der Waals surface area (Å²) in [6.45, 7) is 4.20. The van der Waals surface area contributed by atoms with Gasteiger partial charge in [-0.15, -0.1) is 0 Å². The Labute approximate surface area is 191 Å².